The minimum Gasteiger partial charge on any atom is -0.287 e. The molecule has 1 aromatic heterocycles. The molecule has 0 spiro atoms. The molecule has 17 heavy (non-hydrogen) atoms. The molecule has 0 saturated carbocycles. The normalized spacial score (nSPS) is 10.6. The summed E-state index contributed by atoms with van der Waals surface area (Å²) in [6.45, 7) is 6.05. The highest BCUT2D eigenvalue weighted by molar-refractivity contribution is 6.08. The van der Waals surface area contributed by atoms with Crippen LogP contribution in [0.3, 0.4) is 0 Å². The highest BCUT2D eigenvalue weighted by Gasteiger charge is 2.15. The highest BCUT2D eigenvalue weighted by Crippen LogP contribution is 2.18. The van der Waals surface area contributed by atoms with E-state index in [2.05, 4.69) is 18.1 Å². The van der Waals surface area contributed by atoms with Crippen molar-refractivity contribution in [2.75, 3.05) is 0 Å². The van der Waals surface area contributed by atoms with Crippen LogP contribution in [0.15, 0.2) is 24.4 Å². The second-order valence-corrected chi connectivity index (χ2v) is 4.42. The predicted octanol–water partition coefficient (Wildman–Crippen LogP) is 2.58. The van der Waals surface area contributed by atoms with Crippen LogP contribution in [0.4, 0.5) is 0 Å². The van der Waals surface area contributed by atoms with Crippen molar-refractivity contribution in [3.63, 3.8) is 0 Å². The van der Waals surface area contributed by atoms with Crippen molar-refractivity contribution in [3.05, 3.63) is 52.3 Å². The maximum atomic E-state index is 12.4. The molecule has 2 aromatic rings. The first kappa shape index (κ1) is 11.6. The van der Waals surface area contributed by atoms with E-state index in [1.165, 1.54) is 5.56 Å². The monoisotopic (exact) mass is 228 g/mol. The van der Waals surface area contributed by atoms with Gasteiger partial charge in [0.2, 0.25) is 5.78 Å². The van der Waals surface area contributed by atoms with E-state index in [1.807, 2.05) is 19.9 Å². The third-order valence-electron chi connectivity index (χ3n) is 3.14. The Hall–Kier alpha value is -1.90. The van der Waals surface area contributed by atoms with Gasteiger partial charge in [-0.15, -0.1) is 0 Å². The largest absolute Gasteiger partial charge is 0.287 e. The summed E-state index contributed by atoms with van der Waals surface area (Å²) in [5.74, 6) is 0.0330. The zero-order chi connectivity index (χ0) is 12.6. The Morgan fingerprint density at radius 1 is 1.12 bits per heavy atom. The lowest BCUT2D eigenvalue weighted by Gasteiger charge is -2.09. The Kier molecular flexibility index (Phi) is 2.84. The molecule has 0 saturated heterocycles. The van der Waals surface area contributed by atoms with E-state index in [0.717, 1.165) is 16.7 Å². The molecule has 3 nitrogen and oxygen atoms in total. The first-order valence-corrected chi connectivity index (χ1v) is 5.61. The van der Waals surface area contributed by atoms with Crippen LogP contribution >= 0.6 is 0 Å². The zero-order valence-electron chi connectivity index (χ0n) is 10.6. The summed E-state index contributed by atoms with van der Waals surface area (Å²) in [5.41, 5.74) is 4.75. The van der Waals surface area contributed by atoms with E-state index in [4.69, 9.17) is 0 Å². The molecule has 2 rings (SSSR count). The quantitative estimate of drug-likeness (QED) is 0.740. The molecule has 1 aromatic carbocycles. The molecule has 0 N–H and O–H groups in total. The van der Waals surface area contributed by atoms with Gasteiger partial charge < -0.3 is 0 Å². The average molecular weight is 228 g/mol. The third kappa shape index (κ3) is 2.00. The van der Waals surface area contributed by atoms with Crippen LogP contribution < -0.4 is 0 Å². The number of benzene rings is 1. The van der Waals surface area contributed by atoms with Gasteiger partial charge in [0.25, 0.3) is 0 Å². The Balaban J connectivity index is 2.52. The van der Waals surface area contributed by atoms with Gasteiger partial charge in [-0.2, -0.15) is 5.10 Å². The molecular formula is C14H16N2O. The molecule has 0 aliphatic rings. The molecule has 0 radical (unpaired) electrons. The van der Waals surface area contributed by atoms with Gasteiger partial charge in [0, 0.05) is 18.8 Å². The Bertz CT molecular complexity index is 582. The lowest BCUT2D eigenvalue weighted by atomic mass is 9.97. The van der Waals surface area contributed by atoms with Gasteiger partial charge in [-0.1, -0.05) is 6.07 Å². The smallest absolute Gasteiger partial charge is 0.211 e. The molecule has 0 atom stereocenters. The highest BCUT2D eigenvalue weighted by atomic mass is 16.1. The van der Waals surface area contributed by atoms with Crippen molar-refractivity contribution in [3.8, 4) is 0 Å². The molecule has 0 amide bonds. The standard InChI is InChI=1S/C14H16N2O/c1-9-7-11(3)12(8-10(9)2)14(17)13-5-6-15-16(13)4/h5-8H,1-4H3. The van der Waals surface area contributed by atoms with Crippen LogP contribution in [-0.4, -0.2) is 15.6 Å². The van der Waals surface area contributed by atoms with Crippen molar-refractivity contribution in [2.45, 2.75) is 20.8 Å². The number of rotatable bonds is 2. The van der Waals surface area contributed by atoms with Crippen molar-refractivity contribution < 1.29 is 4.79 Å². The molecule has 0 fully saturated rings. The van der Waals surface area contributed by atoms with Crippen molar-refractivity contribution in [2.24, 2.45) is 7.05 Å². The summed E-state index contributed by atoms with van der Waals surface area (Å²) >= 11 is 0. The van der Waals surface area contributed by atoms with Gasteiger partial charge in [-0.05, 0) is 49.6 Å². The SMILES string of the molecule is Cc1cc(C)c(C(=O)c2ccnn2C)cc1C. The Morgan fingerprint density at radius 2 is 1.76 bits per heavy atom. The van der Waals surface area contributed by atoms with Gasteiger partial charge in [-0.3, -0.25) is 9.48 Å². The van der Waals surface area contributed by atoms with Crippen molar-refractivity contribution >= 4 is 5.78 Å². The number of hydrogen-bond donors (Lipinski definition) is 0. The van der Waals surface area contributed by atoms with Gasteiger partial charge in [-0.25, -0.2) is 0 Å². The summed E-state index contributed by atoms with van der Waals surface area (Å²) in [6, 6.07) is 5.76. The Morgan fingerprint density at radius 3 is 2.35 bits per heavy atom. The average Bonchev–Trinajstić information content (AvgIpc) is 2.69. The summed E-state index contributed by atoms with van der Waals surface area (Å²) < 4.78 is 1.61. The van der Waals surface area contributed by atoms with Gasteiger partial charge >= 0.3 is 0 Å². The molecule has 0 aliphatic heterocycles. The van der Waals surface area contributed by atoms with Crippen molar-refractivity contribution in [1.29, 1.82) is 0 Å². The fourth-order valence-corrected chi connectivity index (χ4v) is 1.94. The van der Waals surface area contributed by atoms with E-state index in [0.29, 0.717) is 5.69 Å². The number of nitrogens with zero attached hydrogens (tertiary/aromatic N) is 2. The molecule has 0 unspecified atom stereocenters. The number of carbonyl (C=O) groups excluding carboxylic acids is 1. The van der Waals surface area contributed by atoms with E-state index < -0.39 is 0 Å². The van der Waals surface area contributed by atoms with E-state index in [1.54, 1.807) is 24.0 Å². The first-order chi connectivity index (χ1) is 8.00. The fraction of sp³-hybridized carbons (Fsp3) is 0.286. The zero-order valence-corrected chi connectivity index (χ0v) is 10.6. The summed E-state index contributed by atoms with van der Waals surface area (Å²) in [7, 11) is 1.78. The van der Waals surface area contributed by atoms with Crippen LogP contribution in [-0.2, 0) is 7.05 Å². The minimum absolute atomic E-state index is 0.0330. The molecular weight excluding hydrogens is 212 g/mol. The van der Waals surface area contributed by atoms with E-state index in [9.17, 15) is 4.79 Å². The van der Waals surface area contributed by atoms with Crippen LogP contribution in [0, 0.1) is 20.8 Å². The number of ketones is 1. The van der Waals surface area contributed by atoms with Gasteiger partial charge in [0.05, 0.1) is 0 Å². The Labute approximate surface area is 101 Å². The van der Waals surface area contributed by atoms with Crippen LogP contribution in [0.5, 0.6) is 0 Å². The molecule has 0 aliphatic carbocycles. The second kappa shape index (κ2) is 4.17. The lowest BCUT2D eigenvalue weighted by Crippen LogP contribution is -2.10. The number of carbonyl (C=O) groups is 1. The topological polar surface area (TPSA) is 34.9 Å². The number of aromatic nitrogens is 2. The summed E-state index contributed by atoms with van der Waals surface area (Å²) in [4.78, 5) is 12.4. The molecule has 88 valence electrons. The molecule has 3 heteroatoms. The fourth-order valence-electron chi connectivity index (χ4n) is 1.94. The second-order valence-electron chi connectivity index (χ2n) is 4.42. The number of hydrogen-bond acceptors (Lipinski definition) is 2. The van der Waals surface area contributed by atoms with Crippen LogP contribution in [0.25, 0.3) is 0 Å². The lowest BCUT2D eigenvalue weighted by molar-refractivity contribution is 0.102. The maximum absolute atomic E-state index is 12.4. The van der Waals surface area contributed by atoms with Gasteiger partial charge in [0.1, 0.15) is 5.69 Å². The van der Waals surface area contributed by atoms with Crippen LogP contribution in [0.1, 0.15) is 32.7 Å². The number of aryl methyl sites for hydroxylation is 4. The minimum atomic E-state index is 0.0330. The summed E-state index contributed by atoms with van der Waals surface area (Å²) in [5, 5.41) is 4.03. The maximum Gasteiger partial charge on any atom is 0.211 e. The van der Waals surface area contributed by atoms with Gasteiger partial charge in [0.15, 0.2) is 0 Å². The van der Waals surface area contributed by atoms with E-state index in [-0.39, 0.29) is 5.78 Å². The van der Waals surface area contributed by atoms with Crippen LogP contribution in [0.2, 0.25) is 0 Å². The summed E-state index contributed by atoms with van der Waals surface area (Å²) in [6.07, 6.45) is 1.64. The molecule has 1 heterocycles. The first-order valence-electron chi connectivity index (χ1n) is 5.61. The predicted molar refractivity (Wildman–Crippen MR) is 67.3 cm³/mol. The van der Waals surface area contributed by atoms with E-state index >= 15 is 0 Å². The molecule has 0 bridgehead atoms. The van der Waals surface area contributed by atoms with Crippen molar-refractivity contribution in [1.82, 2.24) is 9.78 Å². The third-order valence-corrected chi connectivity index (χ3v) is 3.14.